The van der Waals surface area contributed by atoms with Crippen LogP contribution in [0.4, 0.5) is 0 Å². The highest BCUT2D eigenvalue weighted by atomic mass is 16.5. The third-order valence-corrected chi connectivity index (χ3v) is 4.40. The molecular weight excluding hydrogens is 242 g/mol. The second kappa shape index (κ2) is 4.85. The molecule has 1 aliphatic carbocycles. The summed E-state index contributed by atoms with van der Waals surface area (Å²) in [4.78, 5) is 13.7. The summed E-state index contributed by atoms with van der Waals surface area (Å²) in [6.07, 6.45) is 3.98. The van der Waals surface area contributed by atoms with Gasteiger partial charge in [-0.05, 0) is 42.9 Å². The van der Waals surface area contributed by atoms with Crippen molar-refractivity contribution >= 4 is 5.97 Å². The smallest absolute Gasteiger partial charge is 0.339 e. The molecule has 2 bridgehead atoms. The van der Waals surface area contributed by atoms with Gasteiger partial charge >= 0.3 is 5.97 Å². The second-order valence-electron chi connectivity index (χ2n) is 5.60. The molecule has 1 heterocycles. The zero-order valence-electron chi connectivity index (χ0n) is 11.1. The SMILES string of the molecule is COc1ccc(CN2CC3CCC2C3)cc1C(=O)O. The van der Waals surface area contributed by atoms with Crippen LogP contribution in [0.15, 0.2) is 18.2 Å². The van der Waals surface area contributed by atoms with E-state index in [9.17, 15) is 9.90 Å². The number of ether oxygens (including phenoxy) is 1. The molecule has 1 saturated carbocycles. The number of methoxy groups -OCH3 is 1. The number of carbonyl (C=O) groups is 1. The van der Waals surface area contributed by atoms with Crippen LogP contribution in [0, 0.1) is 5.92 Å². The second-order valence-corrected chi connectivity index (χ2v) is 5.60. The number of rotatable bonds is 4. The van der Waals surface area contributed by atoms with Gasteiger partial charge in [0.15, 0.2) is 0 Å². The molecule has 0 amide bonds. The molecule has 1 aromatic rings. The van der Waals surface area contributed by atoms with E-state index in [1.807, 2.05) is 6.07 Å². The Bertz CT molecular complexity index is 500. The number of carboxylic acid groups (broad SMARTS) is 1. The first-order valence-corrected chi connectivity index (χ1v) is 6.81. The Hall–Kier alpha value is -1.55. The average molecular weight is 261 g/mol. The number of hydrogen-bond acceptors (Lipinski definition) is 3. The van der Waals surface area contributed by atoms with E-state index in [0.29, 0.717) is 11.8 Å². The fourth-order valence-electron chi connectivity index (χ4n) is 3.48. The molecule has 2 atom stereocenters. The number of nitrogens with zero attached hydrogens (tertiary/aromatic N) is 1. The lowest BCUT2D eigenvalue weighted by Gasteiger charge is -2.26. The number of benzene rings is 1. The Kier molecular flexibility index (Phi) is 3.19. The van der Waals surface area contributed by atoms with Crippen LogP contribution in [0.25, 0.3) is 0 Å². The van der Waals surface area contributed by atoms with E-state index < -0.39 is 5.97 Å². The van der Waals surface area contributed by atoms with Crippen molar-refractivity contribution in [1.82, 2.24) is 4.90 Å². The molecule has 3 rings (SSSR count). The molecule has 102 valence electrons. The summed E-state index contributed by atoms with van der Waals surface area (Å²) in [5.74, 6) is 0.364. The quantitative estimate of drug-likeness (QED) is 0.904. The first-order valence-electron chi connectivity index (χ1n) is 6.81. The van der Waals surface area contributed by atoms with Crippen LogP contribution in [0.3, 0.4) is 0 Å². The maximum atomic E-state index is 11.2. The topological polar surface area (TPSA) is 49.8 Å². The van der Waals surface area contributed by atoms with Gasteiger partial charge in [-0.2, -0.15) is 0 Å². The van der Waals surface area contributed by atoms with Gasteiger partial charge in [0, 0.05) is 19.1 Å². The van der Waals surface area contributed by atoms with Gasteiger partial charge in [-0.15, -0.1) is 0 Å². The third-order valence-electron chi connectivity index (χ3n) is 4.40. The highest BCUT2D eigenvalue weighted by Crippen LogP contribution is 2.38. The molecule has 1 aliphatic heterocycles. The number of hydrogen-bond donors (Lipinski definition) is 1. The van der Waals surface area contributed by atoms with Crippen molar-refractivity contribution in [2.24, 2.45) is 5.92 Å². The van der Waals surface area contributed by atoms with Crippen LogP contribution in [0.5, 0.6) is 5.75 Å². The Morgan fingerprint density at radius 3 is 2.89 bits per heavy atom. The average Bonchev–Trinajstić information content (AvgIpc) is 3.01. The molecule has 2 fully saturated rings. The van der Waals surface area contributed by atoms with E-state index in [2.05, 4.69) is 4.90 Å². The van der Waals surface area contributed by atoms with Crippen LogP contribution in [0.2, 0.25) is 0 Å². The predicted molar refractivity (Wildman–Crippen MR) is 71.5 cm³/mol. The summed E-state index contributed by atoms with van der Waals surface area (Å²) in [5, 5.41) is 9.19. The van der Waals surface area contributed by atoms with Gasteiger partial charge in [0.2, 0.25) is 0 Å². The summed E-state index contributed by atoms with van der Waals surface area (Å²) in [7, 11) is 1.50. The minimum atomic E-state index is -0.929. The molecule has 19 heavy (non-hydrogen) atoms. The highest BCUT2D eigenvalue weighted by molar-refractivity contribution is 5.91. The molecule has 1 aromatic carbocycles. The molecule has 0 spiro atoms. The summed E-state index contributed by atoms with van der Waals surface area (Å²) in [6, 6.07) is 6.18. The van der Waals surface area contributed by atoms with Crippen LogP contribution >= 0.6 is 0 Å². The van der Waals surface area contributed by atoms with Crippen molar-refractivity contribution in [1.29, 1.82) is 0 Å². The van der Waals surface area contributed by atoms with Crippen molar-refractivity contribution in [2.75, 3.05) is 13.7 Å². The number of piperidine rings is 1. The van der Waals surface area contributed by atoms with Gasteiger partial charge in [-0.25, -0.2) is 4.79 Å². The number of likely N-dealkylation sites (tertiary alicyclic amines) is 1. The molecule has 4 nitrogen and oxygen atoms in total. The van der Waals surface area contributed by atoms with Gasteiger partial charge in [0.1, 0.15) is 11.3 Å². The van der Waals surface area contributed by atoms with Crippen molar-refractivity contribution in [2.45, 2.75) is 31.8 Å². The standard InChI is InChI=1S/C15H19NO3/c1-19-14-5-3-11(7-13(14)15(17)18)9-16-8-10-2-4-12(16)6-10/h3,5,7,10,12H,2,4,6,8-9H2,1H3,(H,17,18). The van der Waals surface area contributed by atoms with Crippen molar-refractivity contribution < 1.29 is 14.6 Å². The van der Waals surface area contributed by atoms with Gasteiger partial charge in [0.05, 0.1) is 7.11 Å². The zero-order chi connectivity index (χ0) is 13.4. The zero-order valence-corrected chi connectivity index (χ0v) is 11.1. The minimum absolute atomic E-state index is 0.254. The third kappa shape index (κ3) is 2.32. The Morgan fingerprint density at radius 2 is 2.32 bits per heavy atom. The highest BCUT2D eigenvalue weighted by Gasteiger charge is 2.37. The summed E-state index contributed by atoms with van der Waals surface area (Å²) in [6.45, 7) is 2.02. The minimum Gasteiger partial charge on any atom is -0.496 e. The van der Waals surface area contributed by atoms with E-state index in [1.54, 1.807) is 12.1 Å². The summed E-state index contributed by atoms with van der Waals surface area (Å²) >= 11 is 0. The van der Waals surface area contributed by atoms with Crippen molar-refractivity contribution in [3.8, 4) is 5.75 Å². The van der Waals surface area contributed by atoms with Gasteiger partial charge in [-0.1, -0.05) is 6.07 Å². The van der Waals surface area contributed by atoms with E-state index >= 15 is 0 Å². The Labute approximate surface area is 113 Å². The van der Waals surface area contributed by atoms with Crippen LogP contribution in [-0.2, 0) is 6.54 Å². The maximum Gasteiger partial charge on any atom is 0.339 e. The van der Waals surface area contributed by atoms with Crippen LogP contribution in [-0.4, -0.2) is 35.7 Å². The normalized spacial score (nSPS) is 25.7. The summed E-state index contributed by atoms with van der Waals surface area (Å²) < 4.78 is 5.09. The molecule has 1 saturated heterocycles. The lowest BCUT2D eigenvalue weighted by Crippen LogP contribution is -2.31. The lowest BCUT2D eigenvalue weighted by molar-refractivity contribution is 0.0693. The largest absolute Gasteiger partial charge is 0.496 e. The number of aromatic carboxylic acids is 1. The van der Waals surface area contributed by atoms with E-state index in [0.717, 1.165) is 18.0 Å². The number of fused-ring (bicyclic) bond motifs is 2. The Morgan fingerprint density at radius 1 is 1.47 bits per heavy atom. The van der Waals surface area contributed by atoms with E-state index in [4.69, 9.17) is 4.74 Å². The predicted octanol–water partition coefficient (Wildman–Crippen LogP) is 2.38. The fraction of sp³-hybridized carbons (Fsp3) is 0.533. The number of carboxylic acids is 1. The molecule has 0 aromatic heterocycles. The molecule has 1 N–H and O–H groups in total. The fourth-order valence-corrected chi connectivity index (χ4v) is 3.48. The Balaban J connectivity index is 1.78. The van der Waals surface area contributed by atoms with Crippen LogP contribution < -0.4 is 4.74 Å². The van der Waals surface area contributed by atoms with Gasteiger partial charge in [-0.3, -0.25) is 4.90 Å². The van der Waals surface area contributed by atoms with E-state index in [1.165, 1.54) is 32.9 Å². The molecule has 2 unspecified atom stereocenters. The van der Waals surface area contributed by atoms with E-state index in [-0.39, 0.29) is 5.56 Å². The van der Waals surface area contributed by atoms with Crippen molar-refractivity contribution in [3.05, 3.63) is 29.3 Å². The molecule has 2 aliphatic rings. The van der Waals surface area contributed by atoms with Crippen LogP contribution in [0.1, 0.15) is 35.2 Å². The first kappa shape index (κ1) is 12.5. The maximum absolute atomic E-state index is 11.2. The van der Waals surface area contributed by atoms with Crippen molar-refractivity contribution in [3.63, 3.8) is 0 Å². The lowest BCUT2D eigenvalue weighted by atomic mass is 10.1. The van der Waals surface area contributed by atoms with Gasteiger partial charge in [0.25, 0.3) is 0 Å². The molecule has 0 radical (unpaired) electrons. The molecular formula is C15H19NO3. The summed E-state index contributed by atoms with van der Waals surface area (Å²) in [5.41, 5.74) is 1.31. The van der Waals surface area contributed by atoms with Gasteiger partial charge < -0.3 is 9.84 Å². The molecule has 4 heteroatoms. The first-order chi connectivity index (χ1) is 9.17. The monoisotopic (exact) mass is 261 g/mol.